The molecule has 8 nitrogen and oxygen atoms in total. The number of aliphatic carboxylic acids is 1. The number of likely N-dealkylation sites (tertiary alicyclic amines) is 2. The van der Waals surface area contributed by atoms with Crippen LogP contribution in [0.25, 0.3) is 0 Å². The van der Waals surface area contributed by atoms with E-state index >= 15 is 0 Å². The summed E-state index contributed by atoms with van der Waals surface area (Å²) in [5, 5.41) is 13.7. The second-order valence-electron chi connectivity index (χ2n) is 8.73. The van der Waals surface area contributed by atoms with E-state index in [4.69, 9.17) is 4.52 Å². The third-order valence-electron chi connectivity index (χ3n) is 5.61. The number of carboxylic acid groups (broad SMARTS) is 1. The van der Waals surface area contributed by atoms with Gasteiger partial charge in [-0.3, -0.25) is 14.5 Å². The first-order chi connectivity index (χ1) is 12.1. The topological polar surface area (TPSA) is 99.8 Å². The Morgan fingerprint density at radius 1 is 1.31 bits per heavy atom. The van der Waals surface area contributed by atoms with E-state index in [0.29, 0.717) is 44.3 Å². The number of aromatic nitrogens is 2. The first-order valence-corrected chi connectivity index (χ1v) is 9.15. The zero-order valence-corrected chi connectivity index (χ0v) is 16.0. The maximum absolute atomic E-state index is 11.8. The molecule has 2 aliphatic rings. The first kappa shape index (κ1) is 18.8. The minimum Gasteiger partial charge on any atom is -0.480 e. The molecule has 2 fully saturated rings. The van der Waals surface area contributed by atoms with E-state index in [1.54, 1.807) is 6.92 Å². The van der Waals surface area contributed by atoms with Crippen molar-refractivity contribution in [1.29, 1.82) is 0 Å². The molecule has 144 valence electrons. The normalized spacial score (nSPS) is 23.5. The highest BCUT2D eigenvalue weighted by atomic mass is 16.5. The van der Waals surface area contributed by atoms with E-state index < -0.39 is 12.0 Å². The summed E-state index contributed by atoms with van der Waals surface area (Å²) >= 11 is 0. The molecule has 0 aromatic carbocycles. The summed E-state index contributed by atoms with van der Waals surface area (Å²) in [7, 11) is 0. The number of carbonyl (C=O) groups is 2. The molecule has 1 aromatic heterocycles. The van der Waals surface area contributed by atoms with Crippen molar-refractivity contribution < 1.29 is 19.2 Å². The van der Waals surface area contributed by atoms with Crippen LogP contribution < -0.4 is 0 Å². The lowest BCUT2D eigenvalue weighted by atomic mass is 9.76. The molecule has 0 saturated carbocycles. The Kier molecular flexibility index (Phi) is 4.81. The van der Waals surface area contributed by atoms with Crippen LogP contribution in [-0.4, -0.2) is 62.6 Å². The third kappa shape index (κ3) is 3.75. The molecular formula is C18H28N4O4. The summed E-state index contributed by atoms with van der Waals surface area (Å²) in [6.45, 7) is 10.0. The lowest BCUT2D eigenvalue weighted by Gasteiger charge is -2.39. The molecule has 1 unspecified atom stereocenters. The SMILES string of the molecule is CC(=O)N1CCC2(CC1)CC(C(=O)O)N(Cc1noc(C(C)(C)C)n1)C2. The molecular weight excluding hydrogens is 336 g/mol. The van der Waals surface area contributed by atoms with Gasteiger partial charge in [0.15, 0.2) is 5.82 Å². The fourth-order valence-electron chi connectivity index (χ4n) is 4.02. The van der Waals surface area contributed by atoms with Crippen molar-refractivity contribution in [2.24, 2.45) is 5.41 Å². The van der Waals surface area contributed by atoms with Gasteiger partial charge in [0.25, 0.3) is 0 Å². The fraction of sp³-hybridized carbons (Fsp3) is 0.778. The maximum Gasteiger partial charge on any atom is 0.320 e. The molecule has 2 aliphatic heterocycles. The summed E-state index contributed by atoms with van der Waals surface area (Å²) in [5.74, 6) is 0.365. The minimum atomic E-state index is -0.810. The van der Waals surface area contributed by atoms with Gasteiger partial charge in [-0.15, -0.1) is 0 Å². The van der Waals surface area contributed by atoms with Crippen molar-refractivity contribution in [2.75, 3.05) is 19.6 Å². The molecule has 1 atom stereocenters. The van der Waals surface area contributed by atoms with Gasteiger partial charge in [-0.1, -0.05) is 25.9 Å². The summed E-state index contributed by atoms with van der Waals surface area (Å²) in [4.78, 5) is 31.6. The van der Waals surface area contributed by atoms with E-state index in [9.17, 15) is 14.7 Å². The number of hydrogen-bond donors (Lipinski definition) is 1. The monoisotopic (exact) mass is 364 g/mol. The second-order valence-corrected chi connectivity index (χ2v) is 8.73. The molecule has 1 spiro atoms. The highest BCUT2D eigenvalue weighted by Crippen LogP contribution is 2.44. The fourth-order valence-corrected chi connectivity index (χ4v) is 4.02. The van der Waals surface area contributed by atoms with Gasteiger partial charge in [0.05, 0.1) is 6.54 Å². The number of piperidine rings is 1. The molecule has 1 aromatic rings. The lowest BCUT2D eigenvalue weighted by molar-refractivity contribution is -0.142. The van der Waals surface area contributed by atoms with Crippen LogP contribution in [0.5, 0.6) is 0 Å². The summed E-state index contributed by atoms with van der Waals surface area (Å²) < 4.78 is 5.33. The van der Waals surface area contributed by atoms with Gasteiger partial charge in [-0.2, -0.15) is 4.98 Å². The van der Waals surface area contributed by atoms with Crippen molar-refractivity contribution in [3.63, 3.8) is 0 Å². The van der Waals surface area contributed by atoms with Gasteiger partial charge in [-0.05, 0) is 24.7 Å². The summed E-state index contributed by atoms with van der Waals surface area (Å²) in [5.41, 5.74) is -0.283. The van der Waals surface area contributed by atoms with Crippen molar-refractivity contribution >= 4 is 11.9 Å². The summed E-state index contributed by atoms with van der Waals surface area (Å²) in [6.07, 6.45) is 2.29. The van der Waals surface area contributed by atoms with Crippen LogP contribution in [0, 0.1) is 5.41 Å². The molecule has 0 bridgehead atoms. The Morgan fingerprint density at radius 3 is 2.46 bits per heavy atom. The molecule has 0 aliphatic carbocycles. The van der Waals surface area contributed by atoms with Crippen molar-refractivity contribution in [1.82, 2.24) is 19.9 Å². The molecule has 1 N–H and O–H groups in total. The minimum absolute atomic E-state index is 0.0500. The van der Waals surface area contributed by atoms with Gasteiger partial charge >= 0.3 is 5.97 Å². The zero-order chi connectivity index (χ0) is 19.1. The largest absolute Gasteiger partial charge is 0.480 e. The van der Waals surface area contributed by atoms with Crippen molar-refractivity contribution in [3.05, 3.63) is 11.7 Å². The first-order valence-electron chi connectivity index (χ1n) is 9.15. The quantitative estimate of drug-likeness (QED) is 0.870. The Hall–Kier alpha value is -1.96. The molecule has 0 radical (unpaired) electrons. The van der Waals surface area contributed by atoms with Crippen LogP contribution in [0.1, 0.15) is 58.7 Å². The van der Waals surface area contributed by atoms with Crippen LogP contribution in [0.2, 0.25) is 0 Å². The average molecular weight is 364 g/mol. The number of hydrogen-bond acceptors (Lipinski definition) is 6. The van der Waals surface area contributed by atoms with E-state index in [-0.39, 0.29) is 16.7 Å². The molecule has 3 rings (SSSR count). The third-order valence-corrected chi connectivity index (χ3v) is 5.61. The predicted octanol–water partition coefficient (Wildman–Crippen LogP) is 1.65. The smallest absolute Gasteiger partial charge is 0.320 e. The van der Waals surface area contributed by atoms with E-state index in [1.807, 2.05) is 30.6 Å². The average Bonchev–Trinajstić information content (AvgIpc) is 3.13. The van der Waals surface area contributed by atoms with Gasteiger partial charge in [0.1, 0.15) is 6.04 Å². The molecule has 2 saturated heterocycles. The highest BCUT2D eigenvalue weighted by Gasteiger charge is 2.48. The van der Waals surface area contributed by atoms with Gasteiger partial charge in [-0.25, -0.2) is 0 Å². The standard InChI is InChI=1S/C18H28N4O4/c1-12(23)21-7-5-18(6-8-21)9-13(15(24)25)22(11-18)10-14-19-16(26-20-14)17(2,3)4/h13H,5-11H2,1-4H3,(H,24,25). The number of rotatable bonds is 3. The number of nitrogens with zero attached hydrogens (tertiary/aromatic N) is 4. The Bertz CT molecular complexity index is 686. The predicted molar refractivity (Wildman–Crippen MR) is 93.4 cm³/mol. The van der Waals surface area contributed by atoms with Crippen LogP contribution in [-0.2, 0) is 21.5 Å². The number of carboxylic acids is 1. The van der Waals surface area contributed by atoms with Crippen LogP contribution >= 0.6 is 0 Å². The van der Waals surface area contributed by atoms with Crippen molar-refractivity contribution in [2.45, 2.75) is 65.0 Å². The van der Waals surface area contributed by atoms with Crippen LogP contribution in [0.15, 0.2) is 4.52 Å². The van der Waals surface area contributed by atoms with Gasteiger partial charge in [0.2, 0.25) is 11.8 Å². The summed E-state index contributed by atoms with van der Waals surface area (Å²) in [6, 6.07) is -0.546. The number of carbonyl (C=O) groups excluding carboxylic acids is 1. The lowest BCUT2D eigenvalue weighted by Crippen LogP contribution is -2.43. The second kappa shape index (κ2) is 6.64. The zero-order valence-electron chi connectivity index (χ0n) is 16.0. The van der Waals surface area contributed by atoms with E-state index in [1.165, 1.54) is 0 Å². The highest BCUT2D eigenvalue weighted by molar-refractivity contribution is 5.74. The van der Waals surface area contributed by atoms with Crippen molar-refractivity contribution in [3.8, 4) is 0 Å². The van der Waals surface area contributed by atoms with Gasteiger partial charge in [0, 0.05) is 32.0 Å². The molecule has 3 heterocycles. The Balaban J connectivity index is 1.71. The molecule has 8 heteroatoms. The van der Waals surface area contributed by atoms with Crippen LogP contribution in [0.3, 0.4) is 0 Å². The Morgan fingerprint density at radius 2 is 1.96 bits per heavy atom. The Labute approximate surface area is 153 Å². The molecule has 26 heavy (non-hydrogen) atoms. The van der Waals surface area contributed by atoms with Crippen LogP contribution in [0.4, 0.5) is 0 Å². The molecule has 1 amide bonds. The maximum atomic E-state index is 11.8. The van der Waals surface area contributed by atoms with Gasteiger partial charge < -0.3 is 14.5 Å². The van der Waals surface area contributed by atoms with E-state index in [2.05, 4.69) is 10.1 Å². The number of amides is 1. The van der Waals surface area contributed by atoms with E-state index in [0.717, 1.165) is 12.8 Å².